The normalized spacial score (nSPS) is 27.9. The molecule has 0 aromatic heterocycles. The number of nitrogens with one attached hydrogen (secondary N) is 1. The lowest BCUT2D eigenvalue weighted by Gasteiger charge is -2.34. The summed E-state index contributed by atoms with van der Waals surface area (Å²) in [6, 6.07) is 0. The Morgan fingerprint density at radius 1 is 1.22 bits per heavy atom. The summed E-state index contributed by atoms with van der Waals surface area (Å²) >= 11 is 0. The van der Waals surface area contributed by atoms with Gasteiger partial charge in [-0.05, 0) is 58.9 Å². The van der Waals surface area contributed by atoms with Crippen molar-refractivity contribution in [3.8, 4) is 0 Å². The topological polar surface area (TPSA) is 75.7 Å². The van der Waals surface area contributed by atoms with E-state index in [4.69, 9.17) is 4.74 Å². The molecule has 2 saturated heterocycles. The van der Waals surface area contributed by atoms with Crippen LogP contribution in [0.4, 0.5) is 4.79 Å². The third kappa shape index (κ3) is 5.64. The highest BCUT2D eigenvalue weighted by Crippen LogP contribution is 2.21. The maximum absolute atomic E-state index is 12.1. The van der Waals surface area contributed by atoms with Crippen molar-refractivity contribution < 1.29 is 17.9 Å². The third-order valence-corrected chi connectivity index (χ3v) is 6.71. The van der Waals surface area contributed by atoms with Crippen LogP contribution in [0.1, 0.15) is 46.5 Å². The van der Waals surface area contributed by atoms with E-state index in [1.54, 1.807) is 4.90 Å². The van der Waals surface area contributed by atoms with E-state index in [0.29, 0.717) is 24.8 Å². The number of ether oxygens (including phenoxy) is 1. The van der Waals surface area contributed by atoms with Gasteiger partial charge in [0.25, 0.3) is 0 Å². The Morgan fingerprint density at radius 2 is 1.96 bits per heavy atom. The van der Waals surface area contributed by atoms with Crippen LogP contribution in [-0.2, 0) is 14.6 Å². The van der Waals surface area contributed by atoms with E-state index < -0.39 is 15.4 Å². The average molecular weight is 346 g/mol. The molecule has 6 nitrogen and oxygen atoms in total. The Hall–Kier alpha value is -0.820. The van der Waals surface area contributed by atoms with Gasteiger partial charge >= 0.3 is 6.09 Å². The van der Waals surface area contributed by atoms with Crippen LogP contribution in [0.5, 0.6) is 0 Å². The van der Waals surface area contributed by atoms with Gasteiger partial charge in [-0.3, -0.25) is 0 Å². The minimum Gasteiger partial charge on any atom is -0.444 e. The minimum atomic E-state index is -2.88. The molecule has 2 atom stereocenters. The van der Waals surface area contributed by atoms with Gasteiger partial charge in [0, 0.05) is 19.6 Å². The first kappa shape index (κ1) is 18.5. The van der Waals surface area contributed by atoms with Crippen molar-refractivity contribution in [1.82, 2.24) is 10.2 Å². The molecule has 2 fully saturated rings. The van der Waals surface area contributed by atoms with E-state index in [0.717, 1.165) is 38.8 Å². The van der Waals surface area contributed by atoms with Crippen molar-refractivity contribution in [2.75, 3.05) is 31.9 Å². The summed E-state index contributed by atoms with van der Waals surface area (Å²) in [4.78, 5) is 13.9. The number of rotatable bonds is 4. The number of sulfone groups is 1. The Bertz CT molecular complexity index is 513. The Kier molecular flexibility index (Phi) is 5.94. The fraction of sp³-hybridized carbons (Fsp3) is 0.938. The molecular weight excluding hydrogens is 316 g/mol. The molecule has 0 bridgehead atoms. The molecule has 0 saturated carbocycles. The molecule has 1 N–H and O–H groups in total. The highest BCUT2D eigenvalue weighted by atomic mass is 32.2. The minimum absolute atomic E-state index is 0.229. The van der Waals surface area contributed by atoms with E-state index in [9.17, 15) is 13.2 Å². The Morgan fingerprint density at radius 3 is 2.57 bits per heavy atom. The number of carbonyl (C=O) groups excluding carboxylic acids is 1. The second kappa shape index (κ2) is 7.38. The van der Waals surface area contributed by atoms with Gasteiger partial charge in [-0.15, -0.1) is 0 Å². The molecule has 2 aliphatic heterocycles. The summed E-state index contributed by atoms with van der Waals surface area (Å²) in [6.07, 6.45) is 3.33. The second-order valence-corrected chi connectivity index (χ2v) is 10.1. The van der Waals surface area contributed by atoms with Crippen LogP contribution in [0, 0.1) is 5.92 Å². The molecule has 1 amide bonds. The smallest absolute Gasteiger partial charge is 0.410 e. The SMILES string of the molecule is CC(C)(C)OC(=O)N1CCCC(CNCC2CCCS2(=O)=O)C1. The van der Waals surface area contributed by atoms with Gasteiger partial charge in [0.15, 0.2) is 9.84 Å². The highest BCUT2D eigenvalue weighted by Gasteiger charge is 2.31. The van der Waals surface area contributed by atoms with Crippen LogP contribution in [0.25, 0.3) is 0 Å². The van der Waals surface area contributed by atoms with E-state index in [1.807, 2.05) is 20.8 Å². The standard InChI is InChI=1S/C16H30N2O4S/c1-16(2,3)22-15(19)18-8-4-6-13(12-18)10-17-11-14-7-5-9-23(14,20)21/h13-14,17H,4-12H2,1-3H3. The molecule has 2 heterocycles. The summed E-state index contributed by atoms with van der Waals surface area (Å²) < 4.78 is 29.0. The van der Waals surface area contributed by atoms with Crippen LogP contribution < -0.4 is 5.32 Å². The van der Waals surface area contributed by atoms with E-state index in [2.05, 4.69) is 5.32 Å². The van der Waals surface area contributed by atoms with Crippen molar-refractivity contribution >= 4 is 15.9 Å². The van der Waals surface area contributed by atoms with Crippen LogP contribution in [0.2, 0.25) is 0 Å². The molecule has 23 heavy (non-hydrogen) atoms. The first-order valence-electron chi connectivity index (χ1n) is 8.57. The summed E-state index contributed by atoms with van der Waals surface area (Å²) in [6.45, 7) is 8.32. The lowest BCUT2D eigenvalue weighted by Crippen LogP contribution is -2.45. The first-order valence-corrected chi connectivity index (χ1v) is 10.3. The molecule has 7 heteroatoms. The number of hydrogen-bond acceptors (Lipinski definition) is 5. The predicted octanol–water partition coefficient (Wildman–Crippen LogP) is 1.80. The van der Waals surface area contributed by atoms with E-state index in [1.165, 1.54) is 0 Å². The van der Waals surface area contributed by atoms with Gasteiger partial charge in [0.05, 0.1) is 11.0 Å². The summed E-state index contributed by atoms with van der Waals surface area (Å²) in [5.41, 5.74) is -0.473. The molecule has 2 aliphatic rings. The predicted molar refractivity (Wildman–Crippen MR) is 90.2 cm³/mol. The van der Waals surface area contributed by atoms with Crippen molar-refractivity contribution in [1.29, 1.82) is 0 Å². The first-order chi connectivity index (χ1) is 10.7. The summed E-state index contributed by atoms with van der Waals surface area (Å²) in [5.74, 6) is 0.690. The van der Waals surface area contributed by atoms with Crippen molar-refractivity contribution in [3.05, 3.63) is 0 Å². The number of carbonyl (C=O) groups is 1. The maximum Gasteiger partial charge on any atom is 0.410 e. The van der Waals surface area contributed by atoms with Gasteiger partial charge in [-0.1, -0.05) is 0 Å². The van der Waals surface area contributed by atoms with E-state index in [-0.39, 0.29) is 11.3 Å². The molecule has 0 spiro atoms. The molecule has 134 valence electrons. The van der Waals surface area contributed by atoms with Crippen LogP contribution in [0.3, 0.4) is 0 Å². The molecule has 2 rings (SSSR count). The number of nitrogens with zero attached hydrogens (tertiary/aromatic N) is 1. The number of amides is 1. The quantitative estimate of drug-likeness (QED) is 0.840. The molecular formula is C16H30N2O4S. The van der Waals surface area contributed by atoms with E-state index >= 15 is 0 Å². The zero-order valence-corrected chi connectivity index (χ0v) is 15.3. The number of likely N-dealkylation sites (tertiary alicyclic amines) is 1. The third-order valence-electron chi connectivity index (χ3n) is 4.44. The Labute approximate surface area is 139 Å². The van der Waals surface area contributed by atoms with Gasteiger partial charge in [-0.2, -0.15) is 0 Å². The van der Waals surface area contributed by atoms with Gasteiger partial charge in [0.1, 0.15) is 5.60 Å². The fourth-order valence-electron chi connectivity index (χ4n) is 3.26. The number of hydrogen-bond donors (Lipinski definition) is 1. The molecule has 0 aromatic rings. The highest BCUT2D eigenvalue weighted by molar-refractivity contribution is 7.92. The molecule has 0 aliphatic carbocycles. The Balaban J connectivity index is 1.75. The van der Waals surface area contributed by atoms with Crippen LogP contribution >= 0.6 is 0 Å². The second-order valence-electron chi connectivity index (χ2n) is 7.72. The van der Waals surface area contributed by atoms with Crippen molar-refractivity contribution in [2.45, 2.75) is 57.3 Å². The van der Waals surface area contributed by atoms with Crippen molar-refractivity contribution in [3.63, 3.8) is 0 Å². The van der Waals surface area contributed by atoms with Gasteiger partial charge < -0.3 is 15.0 Å². The summed E-state index contributed by atoms with van der Waals surface area (Å²) in [5, 5.41) is 3.07. The van der Waals surface area contributed by atoms with Crippen LogP contribution in [0.15, 0.2) is 0 Å². The van der Waals surface area contributed by atoms with Crippen molar-refractivity contribution in [2.24, 2.45) is 5.92 Å². The van der Waals surface area contributed by atoms with Gasteiger partial charge in [-0.25, -0.2) is 13.2 Å². The zero-order chi connectivity index (χ0) is 17.1. The molecule has 0 aromatic carbocycles. The lowest BCUT2D eigenvalue weighted by atomic mass is 9.98. The summed E-state index contributed by atoms with van der Waals surface area (Å²) in [7, 11) is -2.88. The number of piperidine rings is 1. The van der Waals surface area contributed by atoms with Crippen LogP contribution in [-0.4, -0.2) is 62.2 Å². The lowest BCUT2D eigenvalue weighted by molar-refractivity contribution is 0.0166. The molecule has 0 radical (unpaired) electrons. The van der Waals surface area contributed by atoms with Gasteiger partial charge in [0.2, 0.25) is 0 Å². The largest absolute Gasteiger partial charge is 0.444 e. The maximum atomic E-state index is 12.1. The monoisotopic (exact) mass is 346 g/mol. The molecule has 2 unspecified atom stereocenters. The fourth-order valence-corrected chi connectivity index (χ4v) is 5.06. The zero-order valence-electron chi connectivity index (χ0n) is 14.5. The average Bonchev–Trinajstić information content (AvgIpc) is 2.76.